The Morgan fingerprint density at radius 1 is 1.18 bits per heavy atom. The quantitative estimate of drug-likeness (QED) is 0.726. The molecule has 0 aliphatic heterocycles. The minimum atomic E-state index is -0.000975. The van der Waals surface area contributed by atoms with Crippen molar-refractivity contribution < 1.29 is 9.53 Å². The summed E-state index contributed by atoms with van der Waals surface area (Å²) >= 11 is 0. The molecule has 0 saturated heterocycles. The Bertz CT molecular complexity index is 456. The van der Waals surface area contributed by atoms with E-state index in [4.69, 9.17) is 4.74 Å². The lowest BCUT2D eigenvalue weighted by atomic mass is 9.98. The highest BCUT2D eigenvalue weighted by Gasteiger charge is 2.14. The van der Waals surface area contributed by atoms with Crippen LogP contribution < -0.4 is 10.6 Å². The molecule has 0 bridgehead atoms. The van der Waals surface area contributed by atoms with Gasteiger partial charge in [-0.05, 0) is 44.5 Å². The molecule has 0 heterocycles. The second-order valence-corrected chi connectivity index (χ2v) is 5.90. The summed E-state index contributed by atoms with van der Waals surface area (Å²) < 4.78 is 5.84. The predicted octanol–water partition coefficient (Wildman–Crippen LogP) is 2.53. The van der Waals surface area contributed by atoms with Crippen LogP contribution in [0.3, 0.4) is 0 Å². The van der Waals surface area contributed by atoms with Gasteiger partial charge in [0.15, 0.2) is 0 Å². The highest BCUT2D eigenvalue weighted by molar-refractivity contribution is 5.95. The number of hydrogen-bond acceptors (Lipinski definition) is 3. The monoisotopic (exact) mass is 304 g/mol. The van der Waals surface area contributed by atoms with Crippen molar-refractivity contribution in [2.24, 2.45) is 0 Å². The van der Waals surface area contributed by atoms with Crippen LogP contribution in [0.1, 0.15) is 48.0 Å². The number of ether oxygens (including phenoxy) is 1. The normalized spacial score (nSPS) is 15.7. The third-order valence-electron chi connectivity index (χ3n) is 4.20. The lowest BCUT2D eigenvalue weighted by Gasteiger charge is -2.22. The van der Waals surface area contributed by atoms with Gasteiger partial charge in [-0.1, -0.05) is 37.5 Å². The van der Waals surface area contributed by atoms with E-state index >= 15 is 0 Å². The van der Waals surface area contributed by atoms with Gasteiger partial charge in [0, 0.05) is 12.1 Å². The molecule has 4 nitrogen and oxygen atoms in total. The van der Waals surface area contributed by atoms with Gasteiger partial charge in [0.2, 0.25) is 0 Å². The van der Waals surface area contributed by atoms with Gasteiger partial charge in [0.1, 0.15) is 0 Å². The average Bonchev–Trinajstić information content (AvgIpc) is 2.58. The summed E-state index contributed by atoms with van der Waals surface area (Å²) in [5, 5.41) is 6.09. The lowest BCUT2D eigenvalue weighted by Crippen LogP contribution is -2.30. The summed E-state index contributed by atoms with van der Waals surface area (Å²) in [4.78, 5) is 12.3. The summed E-state index contributed by atoms with van der Waals surface area (Å²) in [5.41, 5.74) is 1.86. The molecule has 22 heavy (non-hydrogen) atoms. The number of benzene rings is 1. The number of carbonyl (C=O) groups is 1. The third-order valence-corrected chi connectivity index (χ3v) is 4.20. The largest absolute Gasteiger partial charge is 0.376 e. The van der Waals surface area contributed by atoms with Crippen molar-refractivity contribution in [3.8, 4) is 0 Å². The van der Waals surface area contributed by atoms with Gasteiger partial charge in [0.05, 0.1) is 12.7 Å². The van der Waals surface area contributed by atoms with Crippen molar-refractivity contribution in [2.45, 2.75) is 44.6 Å². The summed E-state index contributed by atoms with van der Waals surface area (Å²) in [6.07, 6.45) is 7.47. The van der Waals surface area contributed by atoms with E-state index in [2.05, 4.69) is 10.6 Å². The Kier molecular flexibility index (Phi) is 7.40. The molecule has 1 aromatic carbocycles. The molecule has 2 rings (SSSR count). The molecule has 2 N–H and O–H groups in total. The fourth-order valence-corrected chi connectivity index (χ4v) is 2.94. The van der Waals surface area contributed by atoms with Crippen molar-refractivity contribution in [3.63, 3.8) is 0 Å². The molecule has 1 aromatic rings. The molecule has 0 aromatic heterocycles. The SMILES string of the molecule is CNCCc1ccccc1C(=O)NCCOC1CCCCC1. The summed E-state index contributed by atoms with van der Waals surface area (Å²) in [7, 11) is 1.92. The Labute approximate surface area is 133 Å². The predicted molar refractivity (Wildman–Crippen MR) is 89.2 cm³/mol. The molecule has 1 aliphatic carbocycles. The smallest absolute Gasteiger partial charge is 0.251 e. The Morgan fingerprint density at radius 2 is 1.95 bits per heavy atom. The zero-order valence-electron chi connectivity index (χ0n) is 13.6. The standard InChI is InChI=1S/C18H28N2O2/c1-19-12-11-15-7-5-6-10-17(15)18(21)20-13-14-22-16-8-3-2-4-9-16/h5-7,10,16,19H,2-4,8-9,11-14H2,1H3,(H,20,21). The second kappa shape index (κ2) is 9.59. The van der Waals surface area contributed by atoms with Gasteiger partial charge in [-0.2, -0.15) is 0 Å². The van der Waals surface area contributed by atoms with E-state index in [0.29, 0.717) is 19.3 Å². The highest BCUT2D eigenvalue weighted by Crippen LogP contribution is 2.19. The molecule has 0 radical (unpaired) electrons. The van der Waals surface area contributed by atoms with Crippen LogP contribution >= 0.6 is 0 Å². The van der Waals surface area contributed by atoms with Crippen LogP contribution in [0.2, 0.25) is 0 Å². The molecule has 0 spiro atoms. The summed E-state index contributed by atoms with van der Waals surface area (Å²) in [6, 6.07) is 7.80. The number of rotatable bonds is 8. The molecule has 1 aliphatic rings. The van der Waals surface area contributed by atoms with Crippen LogP contribution in [0.4, 0.5) is 0 Å². The minimum absolute atomic E-state index is 0.000975. The number of nitrogens with one attached hydrogen (secondary N) is 2. The van der Waals surface area contributed by atoms with E-state index in [9.17, 15) is 4.79 Å². The molecule has 1 amide bonds. The molecule has 1 fully saturated rings. The molecule has 122 valence electrons. The van der Waals surface area contributed by atoms with Crippen molar-refractivity contribution in [2.75, 3.05) is 26.7 Å². The van der Waals surface area contributed by atoms with Gasteiger partial charge in [0.25, 0.3) is 5.91 Å². The first kappa shape index (κ1) is 17.0. The van der Waals surface area contributed by atoms with Crippen LogP contribution in [-0.2, 0) is 11.2 Å². The van der Waals surface area contributed by atoms with Crippen molar-refractivity contribution >= 4 is 5.91 Å². The summed E-state index contributed by atoms with van der Waals surface area (Å²) in [5.74, 6) is -0.000975. The maximum Gasteiger partial charge on any atom is 0.251 e. The second-order valence-electron chi connectivity index (χ2n) is 5.90. The van der Waals surface area contributed by atoms with Crippen LogP contribution in [0.5, 0.6) is 0 Å². The first-order valence-corrected chi connectivity index (χ1v) is 8.43. The van der Waals surface area contributed by atoms with Gasteiger partial charge in [-0.3, -0.25) is 4.79 Å². The Morgan fingerprint density at radius 3 is 2.73 bits per heavy atom. The maximum absolute atomic E-state index is 12.3. The Hall–Kier alpha value is -1.39. The minimum Gasteiger partial charge on any atom is -0.376 e. The molecular formula is C18H28N2O2. The van der Waals surface area contributed by atoms with Crippen LogP contribution in [0, 0.1) is 0 Å². The van der Waals surface area contributed by atoms with E-state index in [1.807, 2.05) is 31.3 Å². The molecule has 1 saturated carbocycles. The number of carbonyl (C=O) groups excluding carboxylic acids is 1. The zero-order valence-corrected chi connectivity index (χ0v) is 13.6. The third kappa shape index (κ3) is 5.43. The van der Waals surface area contributed by atoms with E-state index in [1.54, 1.807) is 0 Å². The summed E-state index contributed by atoms with van der Waals surface area (Å²) in [6.45, 7) is 2.06. The molecule has 0 atom stereocenters. The number of likely N-dealkylation sites (N-methyl/N-ethyl adjacent to an activating group) is 1. The average molecular weight is 304 g/mol. The first-order chi connectivity index (χ1) is 10.8. The van der Waals surface area contributed by atoms with E-state index in [-0.39, 0.29) is 5.91 Å². The van der Waals surface area contributed by atoms with E-state index in [1.165, 1.54) is 32.1 Å². The number of amides is 1. The highest BCUT2D eigenvalue weighted by atomic mass is 16.5. The van der Waals surface area contributed by atoms with E-state index < -0.39 is 0 Å². The first-order valence-electron chi connectivity index (χ1n) is 8.43. The van der Waals surface area contributed by atoms with Crippen LogP contribution in [0.25, 0.3) is 0 Å². The van der Waals surface area contributed by atoms with Gasteiger partial charge < -0.3 is 15.4 Å². The number of hydrogen-bond donors (Lipinski definition) is 2. The van der Waals surface area contributed by atoms with Crippen LogP contribution in [0.15, 0.2) is 24.3 Å². The van der Waals surface area contributed by atoms with Gasteiger partial charge in [-0.15, -0.1) is 0 Å². The molecule has 4 heteroatoms. The Balaban J connectivity index is 1.74. The van der Waals surface area contributed by atoms with Crippen LogP contribution in [-0.4, -0.2) is 38.8 Å². The fraction of sp³-hybridized carbons (Fsp3) is 0.611. The van der Waals surface area contributed by atoms with Gasteiger partial charge >= 0.3 is 0 Å². The van der Waals surface area contributed by atoms with Crippen molar-refractivity contribution in [1.29, 1.82) is 0 Å². The van der Waals surface area contributed by atoms with Crippen molar-refractivity contribution in [1.82, 2.24) is 10.6 Å². The lowest BCUT2D eigenvalue weighted by molar-refractivity contribution is 0.0299. The zero-order chi connectivity index (χ0) is 15.6. The maximum atomic E-state index is 12.3. The molecule has 0 unspecified atom stereocenters. The topological polar surface area (TPSA) is 50.4 Å². The van der Waals surface area contributed by atoms with Crippen molar-refractivity contribution in [3.05, 3.63) is 35.4 Å². The van der Waals surface area contributed by atoms with E-state index in [0.717, 1.165) is 24.1 Å². The fourth-order valence-electron chi connectivity index (χ4n) is 2.94. The van der Waals surface area contributed by atoms with Gasteiger partial charge in [-0.25, -0.2) is 0 Å². The molecular weight excluding hydrogens is 276 g/mol.